The second-order valence-electron chi connectivity index (χ2n) is 5.21. The van der Waals surface area contributed by atoms with Crippen molar-refractivity contribution in [1.82, 2.24) is 0 Å². The fourth-order valence-corrected chi connectivity index (χ4v) is 2.46. The highest BCUT2D eigenvalue weighted by atomic mass is 16.5. The predicted molar refractivity (Wildman–Crippen MR) is 85.7 cm³/mol. The van der Waals surface area contributed by atoms with Crippen LogP contribution >= 0.6 is 0 Å². The van der Waals surface area contributed by atoms with E-state index in [1.54, 1.807) is 7.11 Å². The summed E-state index contributed by atoms with van der Waals surface area (Å²) >= 11 is 0. The summed E-state index contributed by atoms with van der Waals surface area (Å²) in [5, 5.41) is 9.78. The topological polar surface area (TPSA) is 58.7 Å². The molecule has 112 valence electrons. The van der Waals surface area contributed by atoms with Crippen molar-refractivity contribution in [3.8, 4) is 5.75 Å². The molecule has 0 aliphatic carbocycles. The van der Waals surface area contributed by atoms with Gasteiger partial charge in [0.05, 0.1) is 24.9 Å². The Labute approximate surface area is 125 Å². The highest BCUT2D eigenvalue weighted by Crippen LogP contribution is 2.29. The molecule has 4 heteroatoms. The van der Waals surface area contributed by atoms with Gasteiger partial charge in [-0.25, -0.2) is 0 Å². The Kier molecular flexibility index (Phi) is 4.83. The lowest BCUT2D eigenvalue weighted by Gasteiger charge is -2.34. The molecule has 4 nitrogen and oxygen atoms in total. The quantitative estimate of drug-likeness (QED) is 0.852. The molecule has 21 heavy (non-hydrogen) atoms. The third kappa shape index (κ3) is 3.35. The van der Waals surface area contributed by atoms with Gasteiger partial charge in [0.2, 0.25) is 0 Å². The molecular weight excluding hydrogens is 264 g/mol. The normalized spacial score (nSPS) is 13.5. The number of benzene rings is 2. The van der Waals surface area contributed by atoms with Crippen LogP contribution in [0.5, 0.6) is 5.75 Å². The van der Waals surface area contributed by atoms with Gasteiger partial charge in [-0.05, 0) is 17.7 Å². The lowest BCUT2D eigenvalue weighted by atomic mass is 9.91. The van der Waals surface area contributed by atoms with Crippen molar-refractivity contribution < 1.29 is 9.84 Å². The summed E-state index contributed by atoms with van der Waals surface area (Å²) in [7, 11) is 3.59. The first kappa shape index (κ1) is 15.4. The van der Waals surface area contributed by atoms with Crippen molar-refractivity contribution in [2.75, 3.05) is 32.2 Å². The summed E-state index contributed by atoms with van der Waals surface area (Å²) in [4.78, 5) is 2.00. The van der Waals surface area contributed by atoms with E-state index < -0.39 is 5.54 Å². The fraction of sp³-hybridized carbons (Fsp3) is 0.294. The number of hydrogen-bond acceptors (Lipinski definition) is 4. The fourth-order valence-electron chi connectivity index (χ4n) is 2.46. The molecule has 0 aliphatic rings. The van der Waals surface area contributed by atoms with Crippen molar-refractivity contribution in [2.45, 2.75) is 5.54 Å². The van der Waals surface area contributed by atoms with Gasteiger partial charge in [0.25, 0.3) is 0 Å². The van der Waals surface area contributed by atoms with Gasteiger partial charge in [0, 0.05) is 13.6 Å². The molecule has 0 heterocycles. The first-order valence-electron chi connectivity index (χ1n) is 6.90. The highest BCUT2D eigenvalue weighted by Gasteiger charge is 2.28. The van der Waals surface area contributed by atoms with Crippen molar-refractivity contribution in [2.24, 2.45) is 5.73 Å². The number of likely N-dealkylation sites (N-methyl/N-ethyl adjacent to an activating group) is 1. The molecule has 3 N–H and O–H groups in total. The molecule has 0 aromatic heterocycles. The van der Waals surface area contributed by atoms with E-state index in [4.69, 9.17) is 10.5 Å². The second-order valence-corrected chi connectivity index (χ2v) is 5.21. The van der Waals surface area contributed by atoms with Gasteiger partial charge in [-0.1, -0.05) is 42.5 Å². The lowest BCUT2D eigenvalue weighted by Crippen LogP contribution is -2.49. The van der Waals surface area contributed by atoms with Crippen molar-refractivity contribution in [3.05, 3.63) is 60.2 Å². The number of hydrogen-bond donors (Lipinski definition) is 2. The summed E-state index contributed by atoms with van der Waals surface area (Å²) in [6, 6.07) is 17.4. The number of aliphatic hydroxyl groups is 1. The zero-order chi connectivity index (χ0) is 15.3. The van der Waals surface area contributed by atoms with Crippen LogP contribution in [0.25, 0.3) is 0 Å². The molecule has 1 unspecified atom stereocenters. The van der Waals surface area contributed by atoms with Crippen LogP contribution in [-0.2, 0) is 5.54 Å². The van der Waals surface area contributed by atoms with Crippen LogP contribution in [0.15, 0.2) is 54.6 Å². The first-order valence-corrected chi connectivity index (χ1v) is 6.90. The number of rotatable bonds is 6. The summed E-state index contributed by atoms with van der Waals surface area (Å²) < 4.78 is 5.38. The lowest BCUT2D eigenvalue weighted by molar-refractivity contribution is 0.200. The van der Waals surface area contributed by atoms with Crippen LogP contribution in [0.2, 0.25) is 0 Å². The standard InChI is InChI=1S/C17H22N2O2/c1-19(15-10-6-7-11-16(15)21-2)12-17(18,13-20)14-8-4-3-5-9-14/h3-11,20H,12-13,18H2,1-2H3. The molecule has 0 bridgehead atoms. The Morgan fingerprint density at radius 3 is 2.33 bits per heavy atom. The number of nitrogens with zero attached hydrogens (tertiary/aromatic N) is 1. The number of methoxy groups -OCH3 is 1. The highest BCUT2D eigenvalue weighted by molar-refractivity contribution is 5.58. The van der Waals surface area contributed by atoms with Gasteiger partial charge in [0.1, 0.15) is 5.75 Å². The van der Waals surface area contributed by atoms with Gasteiger partial charge in [-0.15, -0.1) is 0 Å². The molecule has 0 radical (unpaired) electrons. The number of aliphatic hydroxyl groups excluding tert-OH is 1. The van der Waals surface area contributed by atoms with Crippen molar-refractivity contribution in [3.63, 3.8) is 0 Å². The molecule has 0 aliphatic heterocycles. The van der Waals surface area contributed by atoms with Crippen molar-refractivity contribution >= 4 is 5.69 Å². The van der Waals surface area contributed by atoms with E-state index in [2.05, 4.69) is 0 Å². The maximum Gasteiger partial charge on any atom is 0.142 e. The van der Waals surface area contributed by atoms with E-state index in [1.165, 1.54) is 0 Å². The largest absolute Gasteiger partial charge is 0.495 e. The van der Waals surface area contributed by atoms with Crippen LogP contribution < -0.4 is 15.4 Å². The number of ether oxygens (including phenoxy) is 1. The molecule has 2 aromatic carbocycles. The zero-order valence-electron chi connectivity index (χ0n) is 12.5. The number of anilines is 1. The molecular formula is C17H22N2O2. The average molecular weight is 286 g/mol. The monoisotopic (exact) mass is 286 g/mol. The third-order valence-electron chi connectivity index (χ3n) is 3.65. The molecule has 0 saturated heterocycles. The Morgan fingerprint density at radius 2 is 1.71 bits per heavy atom. The summed E-state index contributed by atoms with van der Waals surface area (Å²) in [5.74, 6) is 0.786. The predicted octanol–water partition coefficient (Wildman–Crippen LogP) is 1.98. The zero-order valence-corrected chi connectivity index (χ0v) is 12.5. The summed E-state index contributed by atoms with van der Waals surface area (Å²) in [6.45, 7) is 0.352. The minimum absolute atomic E-state index is 0.128. The van der Waals surface area contributed by atoms with Crippen LogP contribution in [0.1, 0.15) is 5.56 Å². The SMILES string of the molecule is COc1ccccc1N(C)CC(N)(CO)c1ccccc1. The van der Waals surface area contributed by atoms with E-state index in [-0.39, 0.29) is 6.61 Å². The minimum Gasteiger partial charge on any atom is -0.495 e. The first-order chi connectivity index (χ1) is 10.1. The molecule has 0 amide bonds. The molecule has 1 atom stereocenters. The van der Waals surface area contributed by atoms with E-state index >= 15 is 0 Å². The van der Waals surface area contributed by atoms with E-state index in [0.29, 0.717) is 6.54 Å². The third-order valence-corrected chi connectivity index (χ3v) is 3.65. The van der Waals surface area contributed by atoms with Gasteiger partial charge < -0.3 is 20.5 Å². The summed E-state index contributed by atoms with van der Waals surface area (Å²) in [6.07, 6.45) is 0. The van der Waals surface area contributed by atoms with Crippen molar-refractivity contribution in [1.29, 1.82) is 0 Å². The van der Waals surface area contributed by atoms with Gasteiger partial charge >= 0.3 is 0 Å². The van der Waals surface area contributed by atoms with Crippen LogP contribution in [0.3, 0.4) is 0 Å². The maximum absolute atomic E-state index is 9.78. The molecule has 0 fully saturated rings. The van der Waals surface area contributed by atoms with Gasteiger partial charge in [-0.3, -0.25) is 0 Å². The van der Waals surface area contributed by atoms with Crippen LogP contribution in [0, 0.1) is 0 Å². The Hall–Kier alpha value is -2.04. The van der Waals surface area contributed by atoms with E-state index in [9.17, 15) is 5.11 Å². The molecule has 2 rings (SSSR count). The molecule has 0 spiro atoms. The second kappa shape index (κ2) is 6.61. The average Bonchev–Trinajstić information content (AvgIpc) is 2.55. The van der Waals surface area contributed by atoms with Crippen LogP contribution in [0.4, 0.5) is 5.69 Å². The molecule has 0 saturated carbocycles. The smallest absolute Gasteiger partial charge is 0.142 e. The van der Waals surface area contributed by atoms with Gasteiger partial charge in [0.15, 0.2) is 0 Å². The van der Waals surface area contributed by atoms with E-state index in [0.717, 1.165) is 17.0 Å². The number of nitrogens with two attached hydrogens (primary N) is 1. The van der Waals surface area contributed by atoms with Gasteiger partial charge in [-0.2, -0.15) is 0 Å². The Morgan fingerprint density at radius 1 is 1.10 bits per heavy atom. The number of para-hydroxylation sites is 2. The maximum atomic E-state index is 9.78. The van der Waals surface area contributed by atoms with Crippen LogP contribution in [-0.4, -0.2) is 32.4 Å². The van der Waals surface area contributed by atoms with E-state index in [1.807, 2.05) is 66.5 Å². The Balaban J connectivity index is 2.26. The Bertz CT molecular complexity index is 574. The minimum atomic E-state index is -0.823. The molecule has 2 aromatic rings. The summed E-state index contributed by atoms with van der Waals surface area (Å²) in [5.41, 5.74) is 7.45.